The zero-order valence-corrected chi connectivity index (χ0v) is 33.6. The standard InChI is InChI=1S/C60H41N/c1-2-13-42(14-3-1)47-18-10-19-48(39-47)43-29-34-53(35-30-43)61(54-36-31-44(32-37-54)49-33-38-58-52(40-49)28-27-46-16-5-7-23-56(46)58)60-26-9-8-24-59(60)51-21-11-20-50(41-51)57-25-12-17-45-15-4-6-22-55(45)57/h1-41H. The molecule has 0 aliphatic carbocycles. The highest BCUT2D eigenvalue weighted by atomic mass is 15.1. The first-order chi connectivity index (χ1) is 30.2. The highest BCUT2D eigenvalue weighted by Gasteiger charge is 2.18. The fourth-order valence-electron chi connectivity index (χ4n) is 8.98. The Morgan fingerprint density at radius 2 is 0.639 bits per heavy atom. The number of rotatable bonds is 8. The van der Waals surface area contributed by atoms with Gasteiger partial charge in [0.1, 0.15) is 0 Å². The summed E-state index contributed by atoms with van der Waals surface area (Å²) >= 11 is 0. The van der Waals surface area contributed by atoms with Gasteiger partial charge in [-0.2, -0.15) is 0 Å². The van der Waals surface area contributed by atoms with Gasteiger partial charge in [-0.25, -0.2) is 0 Å². The minimum Gasteiger partial charge on any atom is -0.310 e. The molecule has 1 heteroatoms. The molecule has 11 aromatic carbocycles. The SMILES string of the molecule is c1ccc(-c2cccc(-c3ccc(N(c4ccc(-c5ccc6c(ccc7ccccc76)c5)cc4)c4ccccc4-c4cccc(-c5cccc6ccccc56)c4)cc3)c2)cc1. The molecule has 11 aromatic rings. The normalized spacial score (nSPS) is 11.3. The van der Waals surface area contributed by atoms with Crippen LogP contribution in [0.15, 0.2) is 249 Å². The summed E-state index contributed by atoms with van der Waals surface area (Å²) in [6, 6.07) is 90.4. The van der Waals surface area contributed by atoms with Crippen molar-refractivity contribution < 1.29 is 0 Å². The molecule has 0 N–H and O–H groups in total. The molecule has 1 nitrogen and oxygen atoms in total. The average Bonchev–Trinajstić information content (AvgIpc) is 3.34. The first-order valence-corrected chi connectivity index (χ1v) is 21.0. The zero-order valence-electron chi connectivity index (χ0n) is 33.6. The summed E-state index contributed by atoms with van der Waals surface area (Å²) in [5.74, 6) is 0. The van der Waals surface area contributed by atoms with Crippen LogP contribution in [-0.4, -0.2) is 0 Å². The Labute approximate surface area is 357 Å². The maximum absolute atomic E-state index is 2.40. The highest BCUT2D eigenvalue weighted by molar-refractivity contribution is 6.08. The smallest absolute Gasteiger partial charge is 0.0540 e. The van der Waals surface area contributed by atoms with Gasteiger partial charge >= 0.3 is 0 Å². The molecule has 286 valence electrons. The van der Waals surface area contributed by atoms with Gasteiger partial charge in [0.2, 0.25) is 0 Å². The van der Waals surface area contributed by atoms with Crippen LogP contribution < -0.4 is 4.90 Å². The Kier molecular flexibility index (Phi) is 9.26. The Morgan fingerprint density at radius 1 is 0.213 bits per heavy atom. The van der Waals surface area contributed by atoms with Gasteiger partial charge in [0, 0.05) is 16.9 Å². The third-order valence-corrected chi connectivity index (χ3v) is 12.1. The number of anilines is 3. The predicted octanol–water partition coefficient (Wildman–Crippen LogP) is 17.0. The van der Waals surface area contributed by atoms with E-state index in [2.05, 4.69) is 254 Å². The summed E-state index contributed by atoms with van der Waals surface area (Å²) in [6.45, 7) is 0. The monoisotopic (exact) mass is 775 g/mol. The topological polar surface area (TPSA) is 3.24 Å². The van der Waals surface area contributed by atoms with Gasteiger partial charge in [-0.3, -0.25) is 0 Å². The molecule has 0 fully saturated rings. The molecule has 0 unspecified atom stereocenters. The molecule has 61 heavy (non-hydrogen) atoms. The largest absolute Gasteiger partial charge is 0.310 e. The second-order valence-electron chi connectivity index (χ2n) is 15.7. The Bertz CT molecular complexity index is 3340. The van der Waals surface area contributed by atoms with Crippen LogP contribution in [0.1, 0.15) is 0 Å². The lowest BCUT2D eigenvalue weighted by Crippen LogP contribution is -2.11. The number of fused-ring (bicyclic) bond motifs is 4. The van der Waals surface area contributed by atoms with Crippen LogP contribution in [0.5, 0.6) is 0 Å². The van der Waals surface area contributed by atoms with E-state index in [1.165, 1.54) is 82.4 Å². The van der Waals surface area contributed by atoms with Crippen molar-refractivity contribution in [1.82, 2.24) is 0 Å². The van der Waals surface area contributed by atoms with E-state index < -0.39 is 0 Å². The van der Waals surface area contributed by atoms with Gasteiger partial charge in [0.25, 0.3) is 0 Å². The van der Waals surface area contributed by atoms with Gasteiger partial charge in [0.15, 0.2) is 0 Å². The van der Waals surface area contributed by atoms with Gasteiger partial charge in [-0.15, -0.1) is 0 Å². The van der Waals surface area contributed by atoms with Crippen LogP contribution in [0.25, 0.3) is 88.0 Å². The van der Waals surface area contributed by atoms with Crippen molar-refractivity contribution in [1.29, 1.82) is 0 Å². The van der Waals surface area contributed by atoms with E-state index in [1.54, 1.807) is 0 Å². The van der Waals surface area contributed by atoms with Crippen LogP contribution in [-0.2, 0) is 0 Å². The molecule has 0 bridgehead atoms. The van der Waals surface area contributed by atoms with Crippen molar-refractivity contribution in [2.45, 2.75) is 0 Å². The molecule has 0 amide bonds. The fraction of sp³-hybridized carbons (Fsp3) is 0. The molecule has 0 saturated heterocycles. The van der Waals surface area contributed by atoms with E-state index in [1.807, 2.05) is 0 Å². The number of nitrogens with zero attached hydrogens (tertiary/aromatic N) is 1. The number of para-hydroxylation sites is 1. The quantitative estimate of drug-likeness (QED) is 0.139. The zero-order chi connectivity index (χ0) is 40.5. The molecule has 0 saturated carbocycles. The van der Waals surface area contributed by atoms with Crippen LogP contribution in [0.2, 0.25) is 0 Å². The number of benzene rings is 11. The molecule has 0 atom stereocenters. The van der Waals surface area contributed by atoms with Gasteiger partial charge < -0.3 is 4.90 Å². The lowest BCUT2D eigenvalue weighted by molar-refractivity contribution is 1.28. The van der Waals surface area contributed by atoms with E-state index in [0.29, 0.717) is 0 Å². The minimum absolute atomic E-state index is 1.09. The molecule has 0 aliphatic rings. The molecule has 0 aliphatic heterocycles. The first-order valence-electron chi connectivity index (χ1n) is 21.0. The predicted molar refractivity (Wildman–Crippen MR) is 261 cm³/mol. The highest BCUT2D eigenvalue weighted by Crippen LogP contribution is 2.43. The molecule has 0 heterocycles. The summed E-state index contributed by atoms with van der Waals surface area (Å²) in [5, 5.41) is 7.58. The average molecular weight is 776 g/mol. The van der Waals surface area contributed by atoms with E-state index in [-0.39, 0.29) is 0 Å². The van der Waals surface area contributed by atoms with Crippen molar-refractivity contribution >= 4 is 49.4 Å². The Balaban J connectivity index is 1.01. The van der Waals surface area contributed by atoms with Crippen molar-refractivity contribution in [3.05, 3.63) is 249 Å². The molecule has 0 aromatic heterocycles. The maximum atomic E-state index is 2.40. The van der Waals surface area contributed by atoms with Gasteiger partial charge in [-0.05, 0) is 131 Å². The second kappa shape index (κ2) is 15.6. The molecular weight excluding hydrogens is 735 g/mol. The van der Waals surface area contributed by atoms with Crippen molar-refractivity contribution in [3.8, 4) is 55.6 Å². The summed E-state index contributed by atoms with van der Waals surface area (Å²) in [7, 11) is 0. The van der Waals surface area contributed by atoms with E-state index in [9.17, 15) is 0 Å². The molecular formula is C60H41N. The van der Waals surface area contributed by atoms with Crippen molar-refractivity contribution in [2.75, 3.05) is 4.90 Å². The third-order valence-electron chi connectivity index (χ3n) is 12.1. The second-order valence-corrected chi connectivity index (χ2v) is 15.7. The van der Waals surface area contributed by atoms with Crippen LogP contribution in [0.4, 0.5) is 17.1 Å². The lowest BCUT2D eigenvalue weighted by atomic mass is 9.94. The molecule has 0 radical (unpaired) electrons. The van der Waals surface area contributed by atoms with Gasteiger partial charge in [-0.1, -0.05) is 200 Å². The molecule has 0 spiro atoms. The van der Waals surface area contributed by atoms with Crippen LogP contribution in [0, 0.1) is 0 Å². The fourth-order valence-corrected chi connectivity index (χ4v) is 8.98. The number of hydrogen-bond acceptors (Lipinski definition) is 1. The van der Waals surface area contributed by atoms with Crippen molar-refractivity contribution in [2.24, 2.45) is 0 Å². The summed E-state index contributed by atoms with van der Waals surface area (Å²) < 4.78 is 0. The summed E-state index contributed by atoms with van der Waals surface area (Å²) in [6.07, 6.45) is 0. The third kappa shape index (κ3) is 6.93. The van der Waals surface area contributed by atoms with Crippen LogP contribution >= 0.6 is 0 Å². The minimum atomic E-state index is 1.09. The van der Waals surface area contributed by atoms with Crippen molar-refractivity contribution in [3.63, 3.8) is 0 Å². The summed E-state index contributed by atoms with van der Waals surface area (Å²) in [4.78, 5) is 2.40. The van der Waals surface area contributed by atoms with Gasteiger partial charge in [0.05, 0.1) is 5.69 Å². The van der Waals surface area contributed by atoms with Crippen LogP contribution in [0.3, 0.4) is 0 Å². The Morgan fingerprint density at radius 3 is 1.36 bits per heavy atom. The maximum Gasteiger partial charge on any atom is 0.0540 e. The van der Waals surface area contributed by atoms with E-state index >= 15 is 0 Å². The molecule has 11 rings (SSSR count). The van der Waals surface area contributed by atoms with E-state index in [4.69, 9.17) is 0 Å². The first kappa shape index (κ1) is 36.1. The summed E-state index contributed by atoms with van der Waals surface area (Å²) in [5.41, 5.74) is 15.2. The lowest BCUT2D eigenvalue weighted by Gasteiger charge is -2.28. The number of hydrogen-bond donors (Lipinski definition) is 0. The van der Waals surface area contributed by atoms with E-state index in [0.717, 1.165) is 22.6 Å². The Hall–Kier alpha value is -8.00.